The molecule has 1 N–H and O–H groups in total. The summed E-state index contributed by atoms with van der Waals surface area (Å²) in [5, 5.41) is 12.3. The van der Waals surface area contributed by atoms with Crippen LogP contribution < -0.4 is 5.32 Å². The van der Waals surface area contributed by atoms with Crippen molar-refractivity contribution in [1.29, 1.82) is 5.26 Å². The standard InChI is InChI=1S/C15H22N4/c1-2-17-11-15-5-3-4-8-19(15)12-13-6-7-18-14(9-13)10-16/h6-7,9,15,17H,2-5,8,11-12H2,1H3. The van der Waals surface area contributed by atoms with Gasteiger partial charge in [-0.2, -0.15) is 5.26 Å². The minimum atomic E-state index is 0.512. The van der Waals surface area contributed by atoms with E-state index in [-0.39, 0.29) is 0 Å². The topological polar surface area (TPSA) is 52.0 Å². The van der Waals surface area contributed by atoms with Crippen LogP contribution in [0.2, 0.25) is 0 Å². The predicted molar refractivity (Wildman–Crippen MR) is 75.5 cm³/mol. The van der Waals surface area contributed by atoms with E-state index in [1.165, 1.54) is 24.8 Å². The minimum Gasteiger partial charge on any atom is -0.315 e. The van der Waals surface area contributed by atoms with Gasteiger partial charge >= 0.3 is 0 Å². The van der Waals surface area contributed by atoms with Crippen LogP contribution in [-0.2, 0) is 6.54 Å². The molecule has 1 aliphatic rings. The van der Waals surface area contributed by atoms with Crippen LogP contribution >= 0.6 is 0 Å². The van der Waals surface area contributed by atoms with Crippen LogP contribution in [0.25, 0.3) is 0 Å². The van der Waals surface area contributed by atoms with Crippen molar-refractivity contribution < 1.29 is 0 Å². The fourth-order valence-corrected chi connectivity index (χ4v) is 2.68. The van der Waals surface area contributed by atoms with Crippen LogP contribution in [0.1, 0.15) is 37.4 Å². The van der Waals surface area contributed by atoms with Crippen molar-refractivity contribution in [3.05, 3.63) is 29.6 Å². The number of nitrogens with zero attached hydrogens (tertiary/aromatic N) is 3. The molecule has 2 heterocycles. The molecule has 2 rings (SSSR count). The van der Waals surface area contributed by atoms with Gasteiger partial charge in [-0.15, -0.1) is 0 Å². The second-order valence-corrected chi connectivity index (χ2v) is 5.09. The molecule has 4 heteroatoms. The molecule has 1 unspecified atom stereocenters. The molecule has 1 aromatic heterocycles. The van der Waals surface area contributed by atoms with E-state index in [1.54, 1.807) is 6.20 Å². The maximum Gasteiger partial charge on any atom is 0.140 e. The number of rotatable bonds is 5. The van der Waals surface area contributed by atoms with E-state index in [0.29, 0.717) is 11.7 Å². The summed E-state index contributed by atoms with van der Waals surface area (Å²) in [5.74, 6) is 0. The number of hydrogen-bond acceptors (Lipinski definition) is 4. The molecule has 4 nitrogen and oxygen atoms in total. The lowest BCUT2D eigenvalue weighted by Crippen LogP contribution is -2.44. The first-order valence-corrected chi connectivity index (χ1v) is 7.13. The summed E-state index contributed by atoms with van der Waals surface area (Å²) in [6.07, 6.45) is 5.60. The molecule has 0 radical (unpaired) electrons. The molecule has 0 aromatic carbocycles. The lowest BCUT2D eigenvalue weighted by molar-refractivity contribution is 0.138. The van der Waals surface area contributed by atoms with Gasteiger partial charge in [-0.25, -0.2) is 4.98 Å². The Bertz CT molecular complexity index is 438. The number of likely N-dealkylation sites (tertiary alicyclic amines) is 1. The van der Waals surface area contributed by atoms with Crippen molar-refractivity contribution in [2.75, 3.05) is 19.6 Å². The lowest BCUT2D eigenvalue weighted by atomic mass is 10.0. The second-order valence-electron chi connectivity index (χ2n) is 5.09. The molecule has 1 aliphatic heterocycles. The van der Waals surface area contributed by atoms with Gasteiger partial charge in [0.25, 0.3) is 0 Å². The first-order chi connectivity index (χ1) is 9.33. The van der Waals surface area contributed by atoms with E-state index < -0.39 is 0 Å². The lowest BCUT2D eigenvalue weighted by Gasteiger charge is -2.36. The van der Waals surface area contributed by atoms with Crippen molar-refractivity contribution in [1.82, 2.24) is 15.2 Å². The average molecular weight is 258 g/mol. The Morgan fingerprint density at radius 1 is 1.53 bits per heavy atom. The zero-order valence-electron chi connectivity index (χ0n) is 11.6. The van der Waals surface area contributed by atoms with Crippen molar-refractivity contribution in [3.8, 4) is 6.07 Å². The SMILES string of the molecule is CCNCC1CCCCN1Cc1ccnc(C#N)c1. The van der Waals surface area contributed by atoms with E-state index in [9.17, 15) is 0 Å². The van der Waals surface area contributed by atoms with Crippen LogP contribution in [0.3, 0.4) is 0 Å². The van der Waals surface area contributed by atoms with Crippen molar-refractivity contribution in [3.63, 3.8) is 0 Å². The van der Waals surface area contributed by atoms with Crippen LogP contribution in [-0.4, -0.2) is 35.6 Å². The number of pyridine rings is 1. The first-order valence-electron chi connectivity index (χ1n) is 7.13. The molecule has 0 spiro atoms. The van der Waals surface area contributed by atoms with E-state index in [0.717, 1.165) is 26.2 Å². The number of piperidine rings is 1. The normalized spacial score (nSPS) is 20.1. The van der Waals surface area contributed by atoms with E-state index in [1.807, 2.05) is 12.1 Å². The number of hydrogen-bond donors (Lipinski definition) is 1. The quantitative estimate of drug-likeness (QED) is 0.876. The highest BCUT2D eigenvalue weighted by Gasteiger charge is 2.21. The van der Waals surface area contributed by atoms with Gasteiger partial charge in [-0.05, 0) is 43.6 Å². The Morgan fingerprint density at radius 2 is 2.42 bits per heavy atom. The predicted octanol–water partition coefficient (Wildman–Crippen LogP) is 1.92. The summed E-state index contributed by atoms with van der Waals surface area (Å²) < 4.78 is 0. The highest BCUT2D eigenvalue weighted by Crippen LogP contribution is 2.19. The number of aromatic nitrogens is 1. The molecule has 1 saturated heterocycles. The third-order valence-corrected chi connectivity index (χ3v) is 3.70. The second kappa shape index (κ2) is 7.22. The van der Waals surface area contributed by atoms with Gasteiger partial charge < -0.3 is 5.32 Å². The van der Waals surface area contributed by atoms with Crippen molar-refractivity contribution in [2.45, 2.75) is 38.8 Å². The molecule has 0 bridgehead atoms. The fraction of sp³-hybridized carbons (Fsp3) is 0.600. The molecule has 1 fully saturated rings. The van der Waals surface area contributed by atoms with E-state index in [2.05, 4.69) is 28.2 Å². The molecule has 0 saturated carbocycles. The monoisotopic (exact) mass is 258 g/mol. The van der Waals surface area contributed by atoms with Gasteiger partial charge in [-0.3, -0.25) is 4.90 Å². The molecule has 1 atom stereocenters. The molecule has 0 amide bonds. The van der Waals surface area contributed by atoms with E-state index in [4.69, 9.17) is 5.26 Å². The van der Waals surface area contributed by atoms with Gasteiger partial charge in [0.1, 0.15) is 11.8 Å². The summed E-state index contributed by atoms with van der Waals surface area (Å²) in [6.45, 7) is 6.31. The molecule has 0 aliphatic carbocycles. The van der Waals surface area contributed by atoms with Crippen LogP contribution in [0, 0.1) is 11.3 Å². The highest BCUT2D eigenvalue weighted by molar-refractivity contribution is 5.25. The Morgan fingerprint density at radius 3 is 3.21 bits per heavy atom. The molecule has 19 heavy (non-hydrogen) atoms. The summed E-state index contributed by atoms with van der Waals surface area (Å²) in [5.41, 5.74) is 1.70. The third-order valence-electron chi connectivity index (χ3n) is 3.70. The van der Waals surface area contributed by atoms with Crippen LogP contribution in [0.5, 0.6) is 0 Å². The minimum absolute atomic E-state index is 0.512. The van der Waals surface area contributed by atoms with Crippen molar-refractivity contribution >= 4 is 0 Å². The van der Waals surface area contributed by atoms with Gasteiger partial charge in [0, 0.05) is 25.3 Å². The van der Waals surface area contributed by atoms with E-state index >= 15 is 0 Å². The molecular formula is C15H22N4. The number of nitriles is 1. The average Bonchev–Trinajstić information content (AvgIpc) is 2.46. The van der Waals surface area contributed by atoms with Crippen LogP contribution in [0.4, 0.5) is 0 Å². The number of nitrogens with one attached hydrogen (secondary N) is 1. The third kappa shape index (κ3) is 4.02. The molecular weight excluding hydrogens is 236 g/mol. The number of likely N-dealkylation sites (N-methyl/N-ethyl adjacent to an activating group) is 1. The van der Waals surface area contributed by atoms with Gasteiger partial charge in [-0.1, -0.05) is 13.3 Å². The van der Waals surface area contributed by atoms with Crippen molar-refractivity contribution in [2.24, 2.45) is 0 Å². The Balaban J connectivity index is 2.00. The molecule has 102 valence electrons. The maximum absolute atomic E-state index is 8.90. The molecule has 1 aromatic rings. The highest BCUT2D eigenvalue weighted by atomic mass is 15.2. The van der Waals surface area contributed by atoms with Crippen LogP contribution in [0.15, 0.2) is 18.3 Å². The summed E-state index contributed by atoms with van der Waals surface area (Å²) >= 11 is 0. The Kier molecular flexibility index (Phi) is 5.31. The Hall–Kier alpha value is -1.44. The smallest absolute Gasteiger partial charge is 0.140 e. The maximum atomic E-state index is 8.90. The zero-order chi connectivity index (χ0) is 13.5. The summed E-state index contributed by atoms with van der Waals surface area (Å²) in [7, 11) is 0. The van der Waals surface area contributed by atoms with Gasteiger partial charge in [0.2, 0.25) is 0 Å². The zero-order valence-corrected chi connectivity index (χ0v) is 11.6. The van der Waals surface area contributed by atoms with Gasteiger partial charge in [0.05, 0.1) is 0 Å². The summed E-state index contributed by atoms with van der Waals surface area (Å²) in [4.78, 5) is 6.56. The summed E-state index contributed by atoms with van der Waals surface area (Å²) in [6, 6.07) is 6.64. The largest absolute Gasteiger partial charge is 0.315 e. The fourth-order valence-electron chi connectivity index (χ4n) is 2.68. The first kappa shape index (κ1) is 14.0. The van der Waals surface area contributed by atoms with Gasteiger partial charge in [0.15, 0.2) is 0 Å². The Labute approximate surface area is 115 Å².